The van der Waals surface area contributed by atoms with Gasteiger partial charge in [0, 0.05) is 11.6 Å². The Labute approximate surface area is 178 Å². The Morgan fingerprint density at radius 2 is 1.76 bits per heavy atom. The Hall–Kier alpha value is -2.08. The molecular formula is C23H31ClN2O3. The fourth-order valence-corrected chi connectivity index (χ4v) is 3.16. The van der Waals surface area contributed by atoms with Crippen LogP contribution in [0.1, 0.15) is 31.9 Å². The Kier molecular flexibility index (Phi) is 8.96. The first kappa shape index (κ1) is 23.2. The molecule has 2 aromatic rings. The number of nitrogens with one attached hydrogen (secondary N) is 2. The number of carbonyl (C=O) groups excluding carboxylic acids is 1. The van der Waals surface area contributed by atoms with Gasteiger partial charge in [0.1, 0.15) is 5.60 Å². The number of rotatable bonds is 9. The molecule has 0 unspecified atom stereocenters. The predicted molar refractivity (Wildman–Crippen MR) is 117 cm³/mol. The molecule has 158 valence electrons. The normalized spacial score (nSPS) is 13.6. The first-order chi connectivity index (χ1) is 13.7. The van der Waals surface area contributed by atoms with Crippen molar-refractivity contribution in [1.29, 1.82) is 0 Å². The van der Waals surface area contributed by atoms with E-state index in [0.29, 0.717) is 19.5 Å². The number of aliphatic hydroxyl groups is 1. The molecule has 6 heteroatoms. The molecule has 0 aromatic heterocycles. The average molecular weight is 419 g/mol. The van der Waals surface area contributed by atoms with Crippen LogP contribution in [-0.2, 0) is 17.6 Å². The molecule has 1 amide bonds. The van der Waals surface area contributed by atoms with Crippen molar-refractivity contribution in [3.63, 3.8) is 0 Å². The van der Waals surface area contributed by atoms with Gasteiger partial charge in [0.2, 0.25) is 0 Å². The smallest absolute Gasteiger partial charge is 0.407 e. The quantitative estimate of drug-likeness (QED) is 0.539. The number of carbonyl (C=O) groups is 1. The topological polar surface area (TPSA) is 70.6 Å². The second-order valence-corrected chi connectivity index (χ2v) is 8.46. The van der Waals surface area contributed by atoms with Gasteiger partial charge < -0.3 is 20.5 Å². The Balaban J connectivity index is 1.91. The molecule has 2 rings (SSSR count). The van der Waals surface area contributed by atoms with Crippen molar-refractivity contribution in [3.05, 3.63) is 70.7 Å². The summed E-state index contributed by atoms with van der Waals surface area (Å²) in [5.41, 5.74) is 1.49. The molecule has 0 radical (unpaired) electrons. The van der Waals surface area contributed by atoms with Crippen molar-refractivity contribution >= 4 is 17.7 Å². The number of halogens is 1. The van der Waals surface area contributed by atoms with Gasteiger partial charge >= 0.3 is 6.09 Å². The third-order valence-electron chi connectivity index (χ3n) is 4.35. The number of hydrogen-bond acceptors (Lipinski definition) is 4. The number of amides is 1. The Bertz CT molecular complexity index is 762. The van der Waals surface area contributed by atoms with E-state index >= 15 is 0 Å². The summed E-state index contributed by atoms with van der Waals surface area (Å²) in [6.45, 7) is 6.45. The van der Waals surface area contributed by atoms with E-state index < -0.39 is 23.8 Å². The molecule has 0 aliphatic carbocycles. The summed E-state index contributed by atoms with van der Waals surface area (Å²) in [7, 11) is 0. The lowest BCUT2D eigenvalue weighted by Crippen LogP contribution is -2.50. The van der Waals surface area contributed by atoms with Gasteiger partial charge in [-0.25, -0.2) is 4.79 Å². The molecule has 0 aliphatic heterocycles. The molecule has 0 heterocycles. The summed E-state index contributed by atoms with van der Waals surface area (Å²) in [6, 6.07) is 17.0. The van der Waals surface area contributed by atoms with Gasteiger partial charge in [0.05, 0.1) is 12.1 Å². The van der Waals surface area contributed by atoms with Crippen LogP contribution in [0.15, 0.2) is 54.6 Å². The number of benzene rings is 2. The van der Waals surface area contributed by atoms with E-state index in [-0.39, 0.29) is 0 Å². The highest BCUT2D eigenvalue weighted by Gasteiger charge is 2.24. The van der Waals surface area contributed by atoms with Crippen LogP contribution in [-0.4, -0.2) is 42.0 Å². The van der Waals surface area contributed by atoms with E-state index in [4.69, 9.17) is 16.3 Å². The van der Waals surface area contributed by atoms with Crippen LogP contribution in [0.2, 0.25) is 5.02 Å². The van der Waals surface area contributed by atoms with Crippen LogP contribution in [0.5, 0.6) is 0 Å². The number of aliphatic hydroxyl groups excluding tert-OH is 1. The molecule has 0 saturated carbocycles. The molecule has 2 aromatic carbocycles. The zero-order valence-electron chi connectivity index (χ0n) is 17.3. The van der Waals surface area contributed by atoms with Crippen LogP contribution >= 0.6 is 11.6 Å². The van der Waals surface area contributed by atoms with Crippen molar-refractivity contribution in [3.8, 4) is 0 Å². The fourth-order valence-electron chi connectivity index (χ4n) is 2.93. The number of alkyl carbamates (subject to hydrolysis) is 1. The lowest BCUT2D eigenvalue weighted by molar-refractivity contribution is 0.0423. The lowest BCUT2D eigenvalue weighted by atomic mass is 10.0. The summed E-state index contributed by atoms with van der Waals surface area (Å²) >= 11 is 6.18. The van der Waals surface area contributed by atoms with E-state index in [1.807, 2.05) is 75.4 Å². The largest absolute Gasteiger partial charge is 0.444 e. The molecule has 5 nitrogen and oxygen atoms in total. The zero-order chi connectivity index (χ0) is 21.3. The highest BCUT2D eigenvalue weighted by atomic mass is 35.5. The van der Waals surface area contributed by atoms with Gasteiger partial charge in [-0.15, -0.1) is 0 Å². The summed E-state index contributed by atoms with van der Waals surface area (Å²) in [5, 5.41) is 17.5. The predicted octanol–water partition coefficient (Wildman–Crippen LogP) is 3.97. The van der Waals surface area contributed by atoms with E-state index in [0.717, 1.165) is 22.6 Å². The number of ether oxygens (including phenoxy) is 1. The first-order valence-electron chi connectivity index (χ1n) is 9.90. The molecule has 0 bridgehead atoms. The summed E-state index contributed by atoms with van der Waals surface area (Å²) < 4.78 is 5.36. The number of hydrogen-bond donors (Lipinski definition) is 3. The van der Waals surface area contributed by atoms with Gasteiger partial charge in [0.25, 0.3) is 0 Å². The summed E-state index contributed by atoms with van der Waals surface area (Å²) in [5.74, 6) is 0. The van der Waals surface area contributed by atoms with Crippen LogP contribution in [0, 0.1) is 0 Å². The van der Waals surface area contributed by atoms with Gasteiger partial charge in [-0.05, 0) is 57.4 Å². The first-order valence-corrected chi connectivity index (χ1v) is 10.3. The van der Waals surface area contributed by atoms with E-state index in [9.17, 15) is 9.90 Å². The fraction of sp³-hybridized carbons (Fsp3) is 0.435. The van der Waals surface area contributed by atoms with Crippen LogP contribution in [0.3, 0.4) is 0 Å². The minimum atomic E-state index is -0.769. The van der Waals surface area contributed by atoms with Crippen molar-refractivity contribution in [2.24, 2.45) is 0 Å². The van der Waals surface area contributed by atoms with Crippen molar-refractivity contribution in [2.45, 2.75) is 51.4 Å². The Morgan fingerprint density at radius 3 is 2.41 bits per heavy atom. The third kappa shape index (κ3) is 8.86. The second kappa shape index (κ2) is 11.2. The highest BCUT2D eigenvalue weighted by molar-refractivity contribution is 6.31. The zero-order valence-corrected chi connectivity index (χ0v) is 18.1. The van der Waals surface area contributed by atoms with Crippen LogP contribution in [0.25, 0.3) is 0 Å². The minimum absolute atomic E-state index is 0.345. The maximum absolute atomic E-state index is 12.2. The standard InChI is InChI=1S/C23H31ClN2O3/c1-23(2,3)29-22(28)26-20(15-17-9-5-4-6-10-17)21(27)16-25-14-13-18-11-7-8-12-19(18)24/h4-12,20-21,25,27H,13-16H2,1-3H3,(H,26,28)/t20-,21+/m0/s1. The van der Waals surface area contributed by atoms with Crippen LogP contribution < -0.4 is 10.6 Å². The van der Waals surface area contributed by atoms with Crippen molar-refractivity contribution < 1.29 is 14.6 Å². The summed E-state index contributed by atoms with van der Waals surface area (Å²) in [6.07, 6.45) is -0.0367. The average Bonchev–Trinajstić information content (AvgIpc) is 2.65. The van der Waals surface area contributed by atoms with E-state index in [1.165, 1.54) is 0 Å². The van der Waals surface area contributed by atoms with Gasteiger partial charge in [-0.2, -0.15) is 0 Å². The molecule has 2 atom stereocenters. The molecule has 3 N–H and O–H groups in total. The molecule has 29 heavy (non-hydrogen) atoms. The SMILES string of the molecule is CC(C)(C)OC(=O)N[C@@H](Cc1ccccc1)[C@H](O)CNCCc1ccccc1Cl. The molecule has 0 aliphatic rings. The van der Waals surface area contributed by atoms with Crippen LogP contribution in [0.4, 0.5) is 4.79 Å². The van der Waals surface area contributed by atoms with Gasteiger partial charge in [-0.1, -0.05) is 60.1 Å². The minimum Gasteiger partial charge on any atom is -0.444 e. The third-order valence-corrected chi connectivity index (χ3v) is 4.72. The maximum Gasteiger partial charge on any atom is 0.407 e. The van der Waals surface area contributed by atoms with Gasteiger partial charge in [0.15, 0.2) is 0 Å². The monoisotopic (exact) mass is 418 g/mol. The lowest BCUT2D eigenvalue weighted by Gasteiger charge is -2.27. The maximum atomic E-state index is 12.2. The molecule has 0 saturated heterocycles. The molecule has 0 spiro atoms. The van der Waals surface area contributed by atoms with Crippen molar-refractivity contribution in [2.75, 3.05) is 13.1 Å². The van der Waals surface area contributed by atoms with E-state index in [1.54, 1.807) is 0 Å². The van der Waals surface area contributed by atoms with Crippen molar-refractivity contribution in [1.82, 2.24) is 10.6 Å². The molecular weight excluding hydrogens is 388 g/mol. The Morgan fingerprint density at radius 1 is 1.10 bits per heavy atom. The van der Waals surface area contributed by atoms with Gasteiger partial charge in [-0.3, -0.25) is 0 Å². The highest BCUT2D eigenvalue weighted by Crippen LogP contribution is 2.15. The summed E-state index contributed by atoms with van der Waals surface area (Å²) in [4.78, 5) is 12.2. The molecule has 0 fully saturated rings. The van der Waals surface area contributed by atoms with E-state index in [2.05, 4.69) is 10.6 Å². The second-order valence-electron chi connectivity index (χ2n) is 8.06.